The molecule has 2 aromatic rings. The summed E-state index contributed by atoms with van der Waals surface area (Å²) in [4.78, 5) is 0. The molecule has 0 saturated carbocycles. The number of halogens is 2. The quantitative estimate of drug-likeness (QED) is 0.538. The summed E-state index contributed by atoms with van der Waals surface area (Å²) in [5, 5.41) is 3.02. The van der Waals surface area contributed by atoms with Crippen molar-refractivity contribution >= 4 is 46.6 Å². The summed E-state index contributed by atoms with van der Waals surface area (Å²) in [7, 11) is -1.87. The lowest BCUT2D eigenvalue weighted by atomic mass is 10.1. The molecule has 0 bridgehead atoms. The van der Waals surface area contributed by atoms with Gasteiger partial charge in [0.05, 0.1) is 5.02 Å². The van der Waals surface area contributed by atoms with E-state index >= 15 is 0 Å². The molecule has 0 heterocycles. The Bertz CT molecular complexity index is 647. The minimum absolute atomic E-state index is 0.158. The van der Waals surface area contributed by atoms with Gasteiger partial charge in [0.1, 0.15) is 5.75 Å². The van der Waals surface area contributed by atoms with E-state index < -0.39 is 8.32 Å². The zero-order chi connectivity index (χ0) is 15.1. The molecule has 20 heavy (non-hydrogen) atoms. The fourth-order valence-corrected chi connectivity index (χ4v) is 3.49. The summed E-state index contributed by atoms with van der Waals surface area (Å²) in [5.74, 6) is 0.799. The van der Waals surface area contributed by atoms with Gasteiger partial charge >= 0.3 is 0 Å². The van der Waals surface area contributed by atoms with Crippen LogP contribution >= 0.6 is 27.5 Å². The first-order valence-corrected chi connectivity index (χ1v) is 10.8. The molecular weight excluding hydrogens is 352 g/mol. The lowest BCUT2D eigenvalue weighted by Gasteiger charge is -2.36. The highest BCUT2D eigenvalue weighted by Crippen LogP contribution is 2.41. The normalized spacial score (nSPS) is 12.8. The first kappa shape index (κ1) is 15.9. The van der Waals surface area contributed by atoms with Crippen LogP contribution in [-0.4, -0.2) is 8.32 Å². The minimum atomic E-state index is -1.87. The topological polar surface area (TPSA) is 9.23 Å². The van der Waals surface area contributed by atoms with Gasteiger partial charge < -0.3 is 4.43 Å². The van der Waals surface area contributed by atoms with E-state index in [0.717, 1.165) is 21.0 Å². The molecule has 0 aliphatic heterocycles. The first-order valence-electron chi connectivity index (χ1n) is 6.68. The second-order valence-electron chi connectivity index (χ2n) is 6.61. The average Bonchev–Trinajstić information content (AvgIpc) is 2.31. The van der Waals surface area contributed by atoms with Crippen molar-refractivity contribution in [3.8, 4) is 5.75 Å². The van der Waals surface area contributed by atoms with Crippen molar-refractivity contribution in [3.63, 3.8) is 0 Å². The molecule has 0 N–H and O–H groups in total. The Hall–Kier alpha value is -0.513. The maximum atomic E-state index is 6.53. The standard InChI is InChI=1S/C16H20BrClOSi/c1-16(2,3)20(4,5)19-14-9-6-11-10-12(17)7-8-13(11)15(14)18/h6-10H,1-5H3. The van der Waals surface area contributed by atoms with Crippen LogP contribution in [0.15, 0.2) is 34.8 Å². The first-order chi connectivity index (χ1) is 9.12. The molecular formula is C16H20BrClOSi. The van der Waals surface area contributed by atoms with Gasteiger partial charge in [-0.2, -0.15) is 0 Å². The minimum Gasteiger partial charge on any atom is -0.542 e. The molecule has 0 saturated heterocycles. The van der Waals surface area contributed by atoms with Crippen LogP contribution in [0.5, 0.6) is 5.75 Å². The van der Waals surface area contributed by atoms with E-state index in [-0.39, 0.29) is 5.04 Å². The van der Waals surface area contributed by atoms with Crippen LogP contribution in [0.1, 0.15) is 20.8 Å². The molecule has 0 aliphatic rings. The smallest absolute Gasteiger partial charge is 0.250 e. The van der Waals surface area contributed by atoms with Gasteiger partial charge in [0.2, 0.25) is 0 Å². The zero-order valence-electron chi connectivity index (χ0n) is 12.6. The highest BCUT2D eigenvalue weighted by molar-refractivity contribution is 9.10. The van der Waals surface area contributed by atoms with Crippen molar-refractivity contribution in [2.45, 2.75) is 38.9 Å². The molecule has 4 heteroatoms. The fourth-order valence-electron chi connectivity index (χ4n) is 1.75. The van der Waals surface area contributed by atoms with E-state index in [1.807, 2.05) is 18.2 Å². The molecule has 0 spiro atoms. The Morgan fingerprint density at radius 1 is 1.10 bits per heavy atom. The molecule has 1 nitrogen and oxygen atoms in total. The second kappa shape index (κ2) is 5.36. The van der Waals surface area contributed by atoms with Crippen molar-refractivity contribution < 1.29 is 4.43 Å². The Kier molecular flexibility index (Phi) is 4.25. The van der Waals surface area contributed by atoms with E-state index in [1.165, 1.54) is 0 Å². The fraction of sp³-hybridized carbons (Fsp3) is 0.375. The Morgan fingerprint density at radius 2 is 1.75 bits per heavy atom. The van der Waals surface area contributed by atoms with Crippen LogP contribution in [0.2, 0.25) is 23.2 Å². The molecule has 0 amide bonds. The van der Waals surface area contributed by atoms with E-state index in [2.05, 4.69) is 61.9 Å². The third kappa shape index (κ3) is 3.05. The van der Waals surface area contributed by atoms with Crippen LogP contribution in [0.4, 0.5) is 0 Å². The Balaban J connectivity index is 2.47. The highest BCUT2D eigenvalue weighted by Gasteiger charge is 2.39. The number of hydrogen-bond acceptors (Lipinski definition) is 1. The van der Waals surface area contributed by atoms with Crippen molar-refractivity contribution in [2.75, 3.05) is 0 Å². The molecule has 0 radical (unpaired) electrons. The van der Waals surface area contributed by atoms with E-state index in [0.29, 0.717) is 5.02 Å². The predicted octanol–water partition coefficient (Wildman–Crippen LogP) is 6.64. The van der Waals surface area contributed by atoms with Gasteiger partial charge in [-0.15, -0.1) is 0 Å². The summed E-state index contributed by atoms with van der Waals surface area (Å²) in [6.07, 6.45) is 0. The van der Waals surface area contributed by atoms with E-state index in [4.69, 9.17) is 16.0 Å². The molecule has 2 rings (SSSR count). The number of fused-ring (bicyclic) bond motifs is 1. The second-order valence-corrected chi connectivity index (χ2v) is 12.6. The monoisotopic (exact) mass is 370 g/mol. The summed E-state index contributed by atoms with van der Waals surface area (Å²) < 4.78 is 7.39. The summed E-state index contributed by atoms with van der Waals surface area (Å²) in [6, 6.07) is 10.1. The molecule has 0 unspecified atom stereocenters. The third-order valence-corrected chi connectivity index (χ3v) is 9.28. The number of benzene rings is 2. The molecule has 0 aliphatic carbocycles. The molecule has 108 valence electrons. The maximum Gasteiger partial charge on any atom is 0.250 e. The highest BCUT2D eigenvalue weighted by atomic mass is 79.9. The molecule has 0 fully saturated rings. The van der Waals surface area contributed by atoms with Gasteiger partial charge in [-0.25, -0.2) is 0 Å². The van der Waals surface area contributed by atoms with Crippen LogP contribution in [0, 0.1) is 0 Å². The third-order valence-electron chi connectivity index (χ3n) is 4.05. The van der Waals surface area contributed by atoms with Crippen molar-refractivity contribution in [3.05, 3.63) is 39.8 Å². The Labute approximate surface area is 135 Å². The van der Waals surface area contributed by atoms with E-state index in [9.17, 15) is 0 Å². The lowest BCUT2D eigenvalue weighted by molar-refractivity contribution is 0.493. The predicted molar refractivity (Wildman–Crippen MR) is 94.5 cm³/mol. The van der Waals surface area contributed by atoms with Crippen LogP contribution in [0.3, 0.4) is 0 Å². The number of hydrogen-bond donors (Lipinski definition) is 0. The van der Waals surface area contributed by atoms with Gasteiger partial charge in [0.15, 0.2) is 0 Å². The van der Waals surface area contributed by atoms with Gasteiger partial charge in [0.25, 0.3) is 8.32 Å². The van der Waals surface area contributed by atoms with Gasteiger partial charge in [-0.3, -0.25) is 0 Å². The van der Waals surface area contributed by atoms with Gasteiger partial charge in [-0.05, 0) is 41.7 Å². The van der Waals surface area contributed by atoms with Gasteiger partial charge in [-0.1, -0.05) is 60.4 Å². The van der Waals surface area contributed by atoms with Crippen molar-refractivity contribution in [2.24, 2.45) is 0 Å². The van der Waals surface area contributed by atoms with Crippen LogP contribution < -0.4 is 4.43 Å². The van der Waals surface area contributed by atoms with Crippen molar-refractivity contribution in [1.29, 1.82) is 0 Å². The van der Waals surface area contributed by atoms with Crippen LogP contribution in [-0.2, 0) is 0 Å². The Morgan fingerprint density at radius 3 is 2.35 bits per heavy atom. The SMILES string of the molecule is CC(C)(C)[Si](C)(C)Oc1ccc2cc(Br)ccc2c1Cl. The van der Waals surface area contributed by atoms with E-state index in [1.54, 1.807) is 0 Å². The lowest BCUT2D eigenvalue weighted by Crippen LogP contribution is -2.43. The van der Waals surface area contributed by atoms with Crippen molar-refractivity contribution in [1.82, 2.24) is 0 Å². The summed E-state index contributed by atoms with van der Waals surface area (Å²) in [6.45, 7) is 11.1. The van der Waals surface area contributed by atoms with Crippen LogP contribution in [0.25, 0.3) is 10.8 Å². The average molecular weight is 372 g/mol. The molecule has 0 atom stereocenters. The largest absolute Gasteiger partial charge is 0.542 e. The number of rotatable bonds is 2. The summed E-state index contributed by atoms with van der Waals surface area (Å²) >= 11 is 10.0. The molecule has 0 aromatic heterocycles. The van der Waals surface area contributed by atoms with Gasteiger partial charge in [0, 0.05) is 9.86 Å². The maximum absolute atomic E-state index is 6.53. The molecule has 2 aromatic carbocycles. The zero-order valence-corrected chi connectivity index (χ0v) is 15.9. The summed E-state index contributed by atoms with van der Waals surface area (Å²) in [5.41, 5.74) is 0.